The predicted octanol–water partition coefficient (Wildman–Crippen LogP) is 1.16. The molecule has 1 aromatic heterocycles. The molecule has 18 heavy (non-hydrogen) atoms. The van der Waals surface area contributed by atoms with Gasteiger partial charge in [-0.25, -0.2) is 0 Å². The second kappa shape index (κ2) is 3.76. The summed E-state index contributed by atoms with van der Waals surface area (Å²) in [6.45, 7) is 0. The highest BCUT2D eigenvalue weighted by molar-refractivity contribution is 6.01. The number of fused-ring (bicyclic) bond motifs is 1. The molecule has 2 heterocycles. The molecule has 92 valence electrons. The maximum absolute atomic E-state index is 11.4. The number of hydrogen-bond acceptors (Lipinski definition) is 4. The molecule has 4 N–H and O–H groups in total. The zero-order valence-electron chi connectivity index (χ0n) is 9.78. The van der Waals surface area contributed by atoms with Gasteiger partial charge in [0, 0.05) is 11.6 Å². The molecule has 1 aliphatic heterocycles. The second-order valence-electron chi connectivity index (χ2n) is 4.14. The van der Waals surface area contributed by atoms with E-state index in [1.54, 1.807) is 13.2 Å². The van der Waals surface area contributed by atoms with Crippen LogP contribution in [0.3, 0.4) is 0 Å². The van der Waals surface area contributed by atoms with Crippen LogP contribution >= 0.6 is 0 Å². The predicted molar refractivity (Wildman–Crippen MR) is 67.3 cm³/mol. The standard InChI is InChI=1S/C12H12N4O2/c1-18-9-3-6(8-5-10(13)16-15-8)2-7-4-11(17)14-12(7)9/h2-3,5H,4H2,1H3,(H,14,17)(H3,13,15,16). The number of nitrogen functional groups attached to an aromatic ring is 1. The van der Waals surface area contributed by atoms with Gasteiger partial charge in [-0.1, -0.05) is 0 Å². The fourth-order valence-electron chi connectivity index (χ4n) is 2.11. The average Bonchev–Trinajstić information content (AvgIpc) is 2.92. The number of ether oxygens (including phenoxy) is 1. The van der Waals surface area contributed by atoms with Crippen LogP contribution in [0.2, 0.25) is 0 Å². The Morgan fingerprint density at radius 1 is 1.39 bits per heavy atom. The average molecular weight is 244 g/mol. The molecule has 0 saturated heterocycles. The summed E-state index contributed by atoms with van der Waals surface area (Å²) in [4.78, 5) is 11.4. The summed E-state index contributed by atoms with van der Waals surface area (Å²) in [6, 6.07) is 5.52. The Kier molecular flexibility index (Phi) is 2.22. The number of carbonyl (C=O) groups is 1. The third-order valence-electron chi connectivity index (χ3n) is 2.93. The van der Waals surface area contributed by atoms with Gasteiger partial charge in [0.15, 0.2) is 0 Å². The van der Waals surface area contributed by atoms with Gasteiger partial charge in [-0.05, 0) is 17.7 Å². The number of aromatic nitrogens is 2. The SMILES string of the molecule is COc1cc(-c2cc(N)n[nH]2)cc2c1NC(=O)C2. The molecule has 0 unspecified atom stereocenters. The van der Waals surface area contributed by atoms with Crippen molar-refractivity contribution in [2.24, 2.45) is 0 Å². The molecule has 1 aliphatic rings. The smallest absolute Gasteiger partial charge is 0.228 e. The van der Waals surface area contributed by atoms with Gasteiger partial charge in [0.05, 0.1) is 24.9 Å². The molecule has 0 spiro atoms. The Bertz CT molecular complexity index is 633. The van der Waals surface area contributed by atoms with E-state index in [-0.39, 0.29) is 5.91 Å². The van der Waals surface area contributed by atoms with Crippen molar-refractivity contribution in [2.45, 2.75) is 6.42 Å². The van der Waals surface area contributed by atoms with Crippen molar-refractivity contribution in [1.82, 2.24) is 10.2 Å². The molecule has 0 fully saturated rings. The zero-order valence-corrected chi connectivity index (χ0v) is 9.78. The van der Waals surface area contributed by atoms with E-state index < -0.39 is 0 Å². The fourth-order valence-corrected chi connectivity index (χ4v) is 2.11. The lowest BCUT2D eigenvalue weighted by atomic mass is 10.1. The number of nitrogens with one attached hydrogen (secondary N) is 2. The number of methoxy groups -OCH3 is 1. The molecule has 0 aliphatic carbocycles. The van der Waals surface area contributed by atoms with Gasteiger partial charge in [-0.15, -0.1) is 0 Å². The first-order valence-electron chi connectivity index (χ1n) is 5.49. The van der Waals surface area contributed by atoms with Gasteiger partial charge in [0.2, 0.25) is 5.91 Å². The molecule has 1 amide bonds. The molecule has 6 nitrogen and oxygen atoms in total. The van der Waals surface area contributed by atoms with Gasteiger partial charge < -0.3 is 15.8 Å². The number of aromatic amines is 1. The van der Waals surface area contributed by atoms with E-state index in [0.29, 0.717) is 18.0 Å². The minimum absolute atomic E-state index is 0.0235. The normalized spacial score (nSPS) is 13.3. The highest BCUT2D eigenvalue weighted by Gasteiger charge is 2.23. The molecule has 0 bridgehead atoms. The summed E-state index contributed by atoms with van der Waals surface area (Å²) >= 11 is 0. The maximum atomic E-state index is 11.4. The van der Waals surface area contributed by atoms with Crippen LogP contribution in [0.1, 0.15) is 5.56 Å². The third kappa shape index (κ3) is 1.58. The van der Waals surface area contributed by atoms with Crippen LogP contribution in [0, 0.1) is 0 Å². The summed E-state index contributed by atoms with van der Waals surface area (Å²) in [7, 11) is 1.57. The van der Waals surface area contributed by atoms with Crippen LogP contribution in [-0.4, -0.2) is 23.2 Å². The first-order chi connectivity index (χ1) is 8.67. The maximum Gasteiger partial charge on any atom is 0.228 e. The first-order valence-corrected chi connectivity index (χ1v) is 5.49. The fraction of sp³-hybridized carbons (Fsp3) is 0.167. The topological polar surface area (TPSA) is 93.0 Å². The highest BCUT2D eigenvalue weighted by atomic mass is 16.5. The van der Waals surface area contributed by atoms with Gasteiger partial charge in [-0.3, -0.25) is 9.89 Å². The largest absolute Gasteiger partial charge is 0.495 e. The minimum Gasteiger partial charge on any atom is -0.495 e. The quantitative estimate of drug-likeness (QED) is 0.739. The lowest BCUT2D eigenvalue weighted by Gasteiger charge is -2.09. The number of benzene rings is 1. The monoisotopic (exact) mass is 244 g/mol. The van der Waals surface area contributed by atoms with Crippen molar-refractivity contribution in [3.8, 4) is 17.0 Å². The number of hydrogen-bond donors (Lipinski definition) is 3. The number of rotatable bonds is 2. The van der Waals surface area contributed by atoms with E-state index >= 15 is 0 Å². The van der Waals surface area contributed by atoms with E-state index in [1.807, 2.05) is 12.1 Å². The van der Waals surface area contributed by atoms with Crippen LogP contribution in [0.4, 0.5) is 11.5 Å². The van der Waals surface area contributed by atoms with Gasteiger partial charge >= 0.3 is 0 Å². The number of nitrogens with two attached hydrogens (primary N) is 1. The Hall–Kier alpha value is -2.50. The summed E-state index contributed by atoms with van der Waals surface area (Å²) in [6.07, 6.45) is 0.364. The van der Waals surface area contributed by atoms with Crippen LogP contribution in [0.25, 0.3) is 11.3 Å². The van der Waals surface area contributed by atoms with Gasteiger partial charge in [-0.2, -0.15) is 5.10 Å². The first kappa shape index (κ1) is 10.6. The van der Waals surface area contributed by atoms with Crippen molar-refractivity contribution >= 4 is 17.4 Å². The highest BCUT2D eigenvalue weighted by Crippen LogP contribution is 2.37. The van der Waals surface area contributed by atoms with Crippen molar-refractivity contribution in [3.63, 3.8) is 0 Å². The molecule has 6 heteroatoms. The number of amides is 1. The lowest BCUT2D eigenvalue weighted by Crippen LogP contribution is -2.04. The van der Waals surface area contributed by atoms with Crippen LogP contribution in [0.15, 0.2) is 18.2 Å². The lowest BCUT2D eigenvalue weighted by molar-refractivity contribution is -0.115. The number of nitrogens with zero attached hydrogens (tertiary/aromatic N) is 1. The number of H-pyrrole nitrogens is 1. The Labute approximate surface area is 103 Å². The van der Waals surface area contributed by atoms with Gasteiger partial charge in [0.25, 0.3) is 0 Å². The minimum atomic E-state index is -0.0235. The van der Waals surface area contributed by atoms with Gasteiger partial charge in [0.1, 0.15) is 11.6 Å². The summed E-state index contributed by atoms with van der Waals surface area (Å²) in [5.74, 6) is 1.05. The Morgan fingerprint density at radius 3 is 2.89 bits per heavy atom. The van der Waals surface area contributed by atoms with Crippen LogP contribution in [0.5, 0.6) is 5.75 Å². The molecule has 1 aromatic carbocycles. The molecule has 3 rings (SSSR count). The summed E-state index contributed by atoms with van der Waals surface area (Å²) < 4.78 is 5.29. The van der Waals surface area contributed by atoms with E-state index in [1.165, 1.54) is 0 Å². The number of carbonyl (C=O) groups excluding carboxylic acids is 1. The number of anilines is 2. The van der Waals surface area contributed by atoms with Crippen LogP contribution < -0.4 is 15.8 Å². The molecular formula is C12H12N4O2. The van der Waals surface area contributed by atoms with Crippen molar-refractivity contribution in [2.75, 3.05) is 18.2 Å². The molecule has 2 aromatic rings. The van der Waals surface area contributed by atoms with Crippen molar-refractivity contribution in [1.29, 1.82) is 0 Å². The van der Waals surface area contributed by atoms with E-state index in [4.69, 9.17) is 10.5 Å². The Morgan fingerprint density at radius 2 is 2.22 bits per heavy atom. The summed E-state index contributed by atoms with van der Waals surface area (Å²) in [5.41, 5.74) is 8.94. The van der Waals surface area contributed by atoms with Crippen molar-refractivity contribution in [3.05, 3.63) is 23.8 Å². The van der Waals surface area contributed by atoms with E-state index in [2.05, 4.69) is 15.5 Å². The third-order valence-corrected chi connectivity index (χ3v) is 2.93. The van der Waals surface area contributed by atoms with E-state index in [0.717, 1.165) is 22.5 Å². The summed E-state index contributed by atoms with van der Waals surface area (Å²) in [5, 5.41) is 9.51. The molecule has 0 radical (unpaired) electrons. The molecule has 0 atom stereocenters. The molecular weight excluding hydrogens is 232 g/mol. The van der Waals surface area contributed by atoms with E-state index in [9.17, 15) is 4.79 Å². The Balaban J connectivity index is 2.13. The van der Waals surface area contributed by atoms with Crippen LogP contribution in [-0.2, 0) is 11.2 Å². The second-order valence-corrected chi connectivity index (χ2v) is 4.14. The zero-order chi connectivity index (χ0) is 12.7. The van der Waals surface area contributed by atoms with Crippen molar-refractivity contribution < 1.29 is 9.53 Å². The molecule has 0 saturated carbocycles.